The second-order valence-corrected chi connectivity index (χ2v) is 9.60. The van der Waals surface area contributed by atoms with Gasteiger partial charge in [0, 0.05) is 11.8 Å². The first-order valence-electron chi connectivity index (χ1n) is 9.33. The Hall–Kier alpha value is -0.370. The maximum absolute atomic E-state index is 11.1. The van der Waals surface area contributed by atoms with Gasteiger partial charge in [-0.2, -0.15) is 0 Å². The van der Waals surface area contributed by atoms with Gasteiger partial charge in [-0.1, -0.05) is 34.1 Å². The van der Waals surface area contributed by atoms with Crippen LogP contribution in [0.4, 0.5) is 0 Å². The van der Waals surface area contributed by atoms with E-state index < -0.39 is 0 Å². The first kappa shape index (κ1) is 16.5. The van der Waals surface area contributed by atoms with Crippen LogP contribution in [0.25, 0.3) is 0 Å². The number of fused-ring (bicyclic) bond motifs is 2. The molecule has 2 heteroatoms. The molecule has 0 aromatic carbocycles. The zero-order valence-corrected chi connectivity index (χ0v) is 15.2. The van der Waals surface area contributed by atoms with Gasteiger partial charge in [0.05, 0.1) is 11.2 Å². The van der Waals surface area contributed by atoms with E-state index >= 15 is 0 Å². The van der Waals surface area contributed by atoms with E-state index in [1.54, 1.807) is 0 Å². The Bertz CT molecular complexity index is 457. The van der Waals surface area contributed by atoms with E-state index in [2.05, 4.69) is 34.6 Å². The van der Waals surface area contributed by atoms with Crippen LogP contribution in [-0.4, -0.2) is 17.5 Å². The maximum Gasteiger partial charge on any atom is 0.122 e. The van der Waals surface area contributed by atoms with Gasteiger partial charge in [-0.05, 0) is 62.7 Å². The summed E-state index contributed by atoms with van der Waals surface area (Å²) in [5.74, 6) is 1.36. The van der Waals surface area contributed by atoms with Gasteiger partial charge in [0.25, 0.3) is 0 Å². The smallest absolute Gasteiger partial charge is 0.122 e. The number of rotatable bonds is 2. The molecule has 2 aliphatic carbocycles. The molecule has 1 unspecified atom stereocenters. The van der Waals surface area contributed by atoms with E-state index in [0.29, 0.717) is 17.8 Å². The Labute approximate surface area is 136 Å². The molecule has 0 bridgehead atoms. The predicted octanol–water partition coefficient (Wildman–Crippen LogP) is 5.15. The second-order valence-electron chi connectivity index (χ2n) is 9.60. The molecule has 0 N–H and O–H groups in total. The third-order valence-electron chi connectivity index (χ3n) is 7.85. The number of hydrogen-bond donors (Lipinski definition) is 0. The molecular formula is C20H34O2. The van der Waals surface area contributed by atoms with Crippen LogP contribution in [0.1, 0.15) is 86.0 Å². The molecule has 126 valence electrons. The van der Waals surface area contributed by atoms with Crippen molar-refractivity contribution in [2.45, 2.75) is 97.2 Å². The van der Waals surface area contributed by atoms with Gasteiger partial charge >= 0.3 is 0 Å². The van der Waals surface area contributed by atoms with Crippen LogP contribution >= 0.6 is 0 Å². The molecule has 0 aromatic rings. The van der Waals surface area contributed by atoms with Crippen LogP contribution in [0, 0.1) is 22.7 Å². The van der Waals surface area contributed by atoms with Gasteiger partial charge in [-0.25, -0.2) is 0 Å². The molecule has 2 nitrogen and oxygen atoms in total. The van der Waals surface area contributed by atoms with Gasteiger partial charge in [0.2, 0.25) is 0 Å². The maximum atomic E-state index is 11.1. The first-order chi connectivity index (χ1) is 10.2. The number of ether oxygens (including phenoxy) is 1. The minimum Gasteiger partial charge on any atom is -0.368 e. The lowest BCUT2D eigenvalue weighted by atomic mass is 9.44. The summed E-state index contributed by atoms with van der Waals surface area (Å²) in [6.45, 7) is 12.0. The number of aldehydes is 1. The lowest BCUT2D eigenvalue weighted by molar-refractivity contribution is -0.244. The molecule has 0 aromatic heterocycles. The molecule has 3 aliphatic rings. The summed E-state index contributed by atoms with van der Waals surface area (Å²) in [5.41, 5.74) is 0.452. The predicted molar refractivity (Wildman–Crippen MR) is 89.8 cm³/mol. The lowest BCUT2D eigenvalue weighted by Gasteiger charge is -2.64. The van der Waals surface area contributed by atoms with Crippen molar-refractivity contribution in [3.8, 4) is 0 Å². The van der Waals surface area contributed by atoms with Gasteiger partial charge in [-0.3, -0.25) is 0 Å². The fraction of sp³-hybridized carbons (Fsp3) is 0.950. The monoisotopic (exact) mass is 306 g/mol. The number of carbonyl (C=O) groups excluding carboxylic acids is 1. The average molecular weight is 306 g/mol. The quantitative estimate of drug-likeness (QED) is 0.660. The molecule has 22 heavy (non-hydrogen) atoms. The van der Waals surface area contributed by atoms with Gasteiger partial charge in [0.15, 0.2) is 0 Å². The molecule has 3 rings (SSSR count). The van der Waals surface area contributed by atoms with Crippen LogP contribution in [0.15, 0.2) is 0 Å². The fourth-order valence-corrected chi connectivity index (χ4v) is 6.61. The minimum absolute atomic E-state index is 0.00856. The molecule has 5 atom stereocenters. The highest BCUT2D eigenvalue weighted by Crippen LogP contribution is 2.67. The summed E-state index contributed by atoms with van der Waals surface area (Å²) in [7, 11) is 0. The van der Waals surface area contributed by atoms with Crippen LogP contribution < -0.4 is 0 Å². The highest BCUT2D eigenvalue weighted by Gasteiger charge is 2.66. The zero-order chi connectivity index (χ0) is 16.2. The summed E-state index contributed by atoms with van der Waals surface area (Å²) in [6.07, 6.45) is 10.4. The molecule has 0 amide bonds. The van der Waals surface area contributed by atoms with Crippen molar-refractivity contribution in [2.24, 2.45) is 22.7 Å². The Morgan fingerprint density at radius 2 is 1.77 bits per heavy atom. The zero-order valence-electron chi connectivity index (χ0n) is 15.2. The van der Waals surface area contributed by atoms with Crippen molar-refractivity contribution in [1.29, 1.82) is 0 Å². The summed E-state index contributed by atoms with van der Waals surface area (Å²) in [6, 6.07) is 0. The summed E-state index contributed by atoms with van der Waals surface area (Å²) < 4.78 is 6.86. The van der Waals surface area contributed by atoms with Crippen molar-refractivity contribution in [1.82, 2.24) is 0 Å². The van der Waals surface area contributed by atoms with Gasteiger partial charge in [-0.15, -0.1) is 0 Å². The van der Waals surface area contributed by atoms with Gasteiger partial charge < -0.3 is 9.53 Å². The molecule has 1 heterocycles. The molecular weight excluding hydrogens is 272 g/mol. The third-order valence-corrected chi connectivity index (χ3v) is 7.85. The van der Waals surface area contributed by atoms with Crippen LogP contribution in [0.2, 0.25) is 0 Å². The van der Waals surface area contributed by atoms with E-state index in [9.17, 15) is 4.79 Å². The Morgan fingerprint density at radius 1 is 1.05 bits per heavy atom. The molecule has 1 aliphatic heterocycles. The van der Waals surface area contributed by atoms with Crippen molar-refractivity contribution in [2.75, 3.05) is 0 Å². The normalized spacial score (nSPS) is 50.8. The van der Waals surface area contributed by atoms with E-state index in [4.69, 9.17) is 4.74 Å². The summed E-state index contributed by atoms with van der Waals surface area (Å²) >= 11 is 0. The van der Waals surface area contributed by atoms with E-state index in [-0.39, 0.29) is 16.6 Å². The summed E-state index contributed by atoms with van der Waals surface area (Å²) in [5, 5.41) is 0. The highest BCUT2D eigenvalue weighted by molar-refractivity contribution is 5.51. The summed E-state index contributed by atoms with van der Waals surface area (Å²) in [4.78, 5) is 11.1. The second kappa shape index (κ2) is 5.06. The highest BCUT2D eigenvalue weighted by atomic mass is 16.5. The van der Waals surface area contributed by atoms with Crippen LogP contribution in [0.5, 0.6) is 0 Å². The largest absolute Gasteiger partial charge is 0.368 e. The van der Waals surface area contributed by atoms with Crippen LogP contribution in [0.3, 0.4) is 0 Å². The molecule has 1 spiro atoms. The molecule has 2 saturated carbocycles. The van der Waals surface area contributed by atoms with Gasteiger partial charge in [0.1, 0.15) is 6.29 Å². The van der Waals surface area contributed by atoms with E-state index in [1.807, 2.05) is 0 Å². The fourth-order valence-electron chi connectivity index (χ4n) is 6.61. The molecule has 1 saturated heterocycles. The van der Waals surface area contributed by atoms with E-state index in [0.717, 1.165) is 25.0 Å². The first-order valence-corrected chi connectivity index (χ1v) is 9.33. The Kier molecular flexibility index (Phi) is 3.79. The topological polar surface area (TPSA) is 26.3 Å². The molecule has 0 radical (unpaired) electrons. The number of carbonyl (C=O) groups is 1. The molecule has 3 fully saturated rings. The third kappa shape index (κ3) is 2.12. The van der Waals surface area contributed by atoms with E-state index in [1.165, 1.54) is 32.1 Å². The van der Waals surface area contributed by atoms with Crippen molar-refractivity contribution < 1.29 is 9.53 Å². The lowest BCUT2D eigenvalue weighted by Crippen LogP contribution is -2.62. The Balaban J connectivity index is 2.00. The van der Waals surface area contributed by atoms with Crippen molar-refractivity contribution >= 4 is 6.29 Å². The minimum atomic E-state index is -0.234. The van der Waals surface area contributed by atoms with Crippen LogP contribution in [-0.2, 0) is 9.53 Å². The Morgan fingerprint density at radius 3 is 2.45 bits per heavy atom. The number of hydrogen-bond acceptors (Lipinski definition) is 2. The average Bonchev–Trinajstić information content (AvgIpc) is 2.76. The SMILES string of the molecule is C[C@H]1CCC2C(C)(C)CCC[C@]2(C)[C@@]12CC[C@@](C)(CC=O)O2. The van der Waals surface area contributed by atoms with Crippen molar-refractivity contribution in [3.05, 3.63) is 0 Å². The standard InChI is InChI=1S/C20H34O2/c1-15-7-8-16-17(2,3)9-6-10-19(16,5)20(15)12-11-18(4,22-20)13-14-21/h14-16H,6-13H2,1-5H3/t15-,16?,18-,19-,20+/m0/s1. The van der Waals surface area contributed by atoms with Crippen molar-refractivity contribution in [3.63, 3.8) is 0 Å².